The van der Waals surface area contributed by atoms with E-state index in [1.165, 1.54) is 6.42 Å². The smallest absolute Gasteiger partial charge is 0.242 e. The van der Waals surface area contributed by atoms with Gasteiger partial charge in [0, 0.05) is 17.8 Å². The van der Waals surface area contributed by atoms with Crippen LogP contribution in [0.4, 0.5) is 5.69 Å². The standard InChI is InChI=1S/C20H30N2O3S/c1-15-8-9-16(2)19(12-15)21-13-20(23)22(17-6-4-3-5-7-17)18-10-11-26(24,25)14-18/h8-9,12,17-18,21H,3-7,10-11,13-14H2,1-2H3. The first kappa shape index (κ1) is 19.2. The fourth-order valence-corrected chi connectivity index (χ4v) is 5.96. The van der Waals surface area contributed by atoms with Crippen LogP contribution in [0.2, 0.25) is 0 Å². The van der Waals surface area contributed by atoms with Gasteiger partial charge in [-0.25, -0.2) is 8.42 Å². The lowest BCUT2D eigenvalue weighted by Gasteiger charge is -2.38. The maximum atomic E-state index is 13.1. The Morgan fingerprint density at radius 1 is 1.12 bits per heavy atom. The van der Waals surface area contributed by atoms with Crippen LogP contribution >= 0.6 is 0 Å². The van der Waals surface area contributed by atoms with Crippen LogP contribution < -0.4 is 5.32 Å². The number of rotatable bonds is 5. The largest absolute Gasteiger partial charge is 0.376 e. The van der Waals surface area contributed by atoms with Crippen LogP contribution in [0, 0.1) is 13.8 Å². The first-order chi connectivity index (χ1) is 12.4. The van der Waals surface area contributed by atoms with Gasteiger partial charge < -0.3 is 10.2 Å². The average molecular weight is 379 g/mol. The molecule has 5 nitrogen and oxygen atoms in total. The summed E-state index contributed by atoms with van der Waals surface area (Å²) in [5, 5.41) is 3.28. The number of hydrogen-bond donors (Lipinski definition) is 1. The molecule has 1 aliphatic carbocycles. The van der Waals surface area contributed by atoms with Crippen molar-refractivity contribution >= 4 is 21.4 Å². The highest BCUT2D eigenvalue weighted by molar-refractivity contribution is 7.91. The predicted octanol–water partition coefficient (Wildman–Crippen LogP) is 3.06. The minimum Gasteiger partial charge on any atom is -0.376 e. The van der Waals surface area contributed by atoms with E-state index in [0.29, 0.717) is 6.42 Å². The van der Waals surface area contributed by atoms with Gasteiger partial charge >= 0.3 is 0 Å². The van der Waals surface area contributed by atoms with E-state index in [4.69, 9.17) is 0 Å². The molecule has 0 spiro atoms. The van der Waals surface area contributed by atoms with Gasteiger partial charge in [0.15, 0.2) is 9.84 Å². The lowest BCUT2D eigenvalue weighted by molar-refractivity contribution is -0.134. The molecular formula is C20H30N2O3S. The molecule has 26 heavy (non-hydrogen) atoms. The number of nitrogens with zero attached hydrogens (tertiary/aromatic N) is 1. The number of anilines is 1. The topological polar surface area (TPSA) is 66.5 Å². The minimum atomic E-state index is -3.01. The minimum absolute atomic E-state index is 0.0277. The van der Waals surface area contributed by atoms with Gasteiger partial charge in [-0.2, -0.15) is 0 Å². The van der Waals surface area contributed by atoms with E-state index in [2.05, 4.69) is 11.4 Å². The molecule has 1 unspecified atom stereocenters. The van der Waals surface area contributed by atoms with Crippen LogP contribution in [0.15, 0.2) is 18.2 Å². The third-order valence-electron chi connectivity index (χ3n) is 5.68. The molecule has 1 amide bonds. The number of carbonyl (C=O) groups is 1. The maximum Gasteiger partial charge on any atom is 0.242 e. The van der Waals surface area contributed by atoms with E-state index in [9.17, 15) is 13.2 Å². The highest BCUT2D eigenvalue weighted by Crippen LogP contribution is 2.28. The van der Waals surface area contributed by atoms with Gasteiger partial charge in [-0.15, -0.1) is 0 Å². The molecule has 0 bridgehead atoms. The number of carbonyl (C=O) groups excluding carboxylic acids is 1. The lowest BCUT2D eigenvalue weighted by atomic mass is 9.93. The zero-order valence-electron chi connectivity index (χ0n) is 15.8. The van der Waals surface area contributed by atoms with Gasteiger partial charge in [0.1, 0.15) is 0 Å². The first-order valence-corrected chi connectivity index (χ1v) is 11.5. The van der Waals surface area contributed by atoms with Crippen molar-refractivity contribution in [2.75, 3.05) is 23.4 Å². The number of hydrogen-bond acceptors (Lipinski definition) is 4. The second kappa shape index (κ2) is 7.99. The second-order valence-electron chi connectivity index (χ2n) is 7.82. The zero-order chi connectivity index (χ0) is 18.7. The number of sulfone groups is 1. The fourth-order valence-electron chi connectivity index (χ4n) is 4.25. The molecule has 3 rings (SSSR count). The molecule has 1 aromatic carbocycles. The van der Waals surface area contributed by atoms with Crippen LogP contribution in [-0.4, -0.2) is 49.4 Å². The molecule has 0 aromatic heterocycles. The van der Waals surface area contributed by atoms with Gasteiger partial charge in [0.05, 0.1) is 18.1 Å². The van der Waals surface area contributed by atoms with Crippen molar-refractivity contribution in [3.8, 4) is 0 Å². The Labute approximate surface area is 157 Å². The van der Waals surface area contributed by atoms with Gasteiger partial charge in [-0.3, -0.25) is 4.79 Å². The number of nitrogens with one attached hydrogen (secondary N) is 1. The fraction of sp³-hybridized carbons (Fsp3) is 0.650. The Balaban J connectivity index is 1.73. The summed E-state index contributed by atoms with van der Waals surface area (Å²) in [6, 6.07) is 6.18. The zero-order valence-corrected chi connectivity index (χ0v) is 16.6. The summed E-state index contributed by atoms with van der Waals surface area (Å²) in [6.07, 6.45) is 6.02. The third-order valence-corrected chi connectivity index (χ3v) is 7.43. The molecule has 1 aromatic rings. The Morgan fingerprint density at radius 3 is 2.50 bits per heavy atom. The number of aryl methyl sites for hydroxylation is 2. The Hall–Kier alpha value is -1.56. The Kier molecular flexibility index (Phi) is 5.90. The van der Waals surface area contributed by atoms with Crippen molar-refractivity contribution in [3.63, 3.8) is 0 Å². The van der Waals surface area contributed by atoms with Crippen molar-refractivity contribution in [1.82, 2.24) is 4.90 Å². The van der Waals surface area contributed by atoms with E-state index < -0.39 is 9.84 Å². The predicted molar refractivity (Wildman–Crippen MR) is 105 cm³/mol. The summed E-state index contributed by atoms with van der Waals surface area (Å²) in [6.45, 7) is 4.27. The van der Waals surface area contributed by atoms with Crippen LogP contribution in [0.5, 0.6) is 0 Å². The molecule has 144 valence electrons. The van der Waals surface area contributed by atoms with Crippen molar-refractivity contribution in [2.45, 2.75) is 64.5 Å². The monoisotopic (exact) mass is 378 g/mol. The molecule has 1 saturated heterocycles. The Bertz CT molecular complexity index is 754. The summed E-state index contributed by atoms with van der Waals surface area (Å²) in [5.74, 6) is 0.358. The number of amides is 1. The number of benzene rings is 1. The molecule has 2 fully saturated rings. The quantitative estimate of drug-likeness (QED) is 0.855. The van der Waals surface area contributed by atoms with Gasteiger partial charge in [-0.1, -0.05) is 31.4 Å². The molecule has 1 aliphatic heterocycles. The van der Waals surface area contributed by atoms with Gasteiger partial charge in [0.2, 0.25) is 5.91 Å². The molecule has 1 saturated carbocycles. The van der Waals surface area contributed by atoms with E-state index >= 15 is 0 Å². The summed E-state index contributed by atoms with van der Waals surface area (Å²) in [4.78, 5) is 15.0. The van der Waals surface area contributed by atoms with Crippen molar-refractivity contribution in [3.05, 3.63) is 29.3 Å². The van der Waals surface area contributed by atoms with Crippen molar-refractivity contribution in [2.24, 2.45) is 0 Å². The molecule has 6 heteroatoms. The molecule has 0 radical (unpaired) electrons. The second-order valence-corrected chi connectivity index (χ2v) is 10.1. The summed E-state index contributed by atoms with van der Waals surface area (Å²) >= 11 is 0. The molecular weight excluding hydrogens is 348 g/mol. The normalized spacial score (nSPS) is 22.9. The van der Waals surface area contributed by atoms with Crippen molar-refractivity contribution in [1.29, 1.82) is 0 Å². The summed E-state index contributed by atoms with van der Waals surface area (Å²) in [5.41, 5.74) is 3.23. The SMILES string of the molecule is Cc1ccc(C)c(NCC(=O)N(C2CCCCC2)C2CCS(=O)(=O)C2)c1. The molecule has 2 aliphatic rings. The van der Waals surface area contributed by atoms with Crippen LogP contribution in [-0.2, 0) is 14.6 Å². The van der Waals surface area contributed by atoms with E-state index in [0.717, 1.165) is 42.5 Å². The summed E-state index contributed by atoms with van der Waals surface area (Å²) in [7, 11) is -3.01. The van der Waals surface area contributed by atoms with E-state index in [1.54, 1.807) is 0 Å². The van der Waals surface area contributed by atoms with Gasteiger partial charge in [0.25, 0.3) is 0 Å². The van der Waals surface area contributed by atoms with Crippen molar-refractivity contribution < 1.29 is 13.2 Å². The van der Waals surface area contributed by atoms with E-state index in [-0.39, 0.29) is 36.0 Å². The van der Waals surface area contributed by atoms with Crippen LogP contribution in [0.25, 0.3) is 0 Å². The molecule has 1 N–H and O–H groups in total. The van der Waals surface area contributed by atoms with Gasteiger partial charge in [-0.05, 0) is 50.3 Å². The highest BCUT2D eigenvalue weighted by atomic mass is 32.2. The average Bonchev–Trinajstić information content (AvgIpc) is 2.96. The Morgan fingerprint density at radius 2 is 1.85 bits per heavy atom. The van der Waals surface area contributed by atoms with Crippen LogP contribution in [0.1, 0.15) is 49.7 Å². The molecule has 1 heterocycles. The highest BCUT2D eigenvalue weighted by Gasteiger charge is 2.38. The van der Waals surface area contributed by atoms with Crippen LogP contribution in [0.3, 0.4) is 0 Å². The maximum absolute atomic E-state index is 13.1. The molecule has 1 atom stereocenters. The van der Waals surface area contributed by atoms with E-state index in [1.807, 2.05) is 30.9 Å². The first-order valence-electron chi connectivity index (χ1n) is 9.68. The lowest BCUT2D eigenvalue weighted by Crippen LogP contribution is -2.50. The summed E-state index contributed by atoms with van der Waals surface area (Å²) < 4.78 is 23.9. The third kappa shape index (κ3) is 4.58.